The van der Waals surface area contributed by atoms with Crippen LogP contribution in [-0.4, -0.2) is 5.91 Å². The zero-order valence-corrected chi connectivity index (χ0v) is 10.7. The van der Waals surface area contributed by atoms with Gasteiger partial charge < -0.3 is 11.1 Å². The maximum absolute atomic E-state index is 13.5. The summed E-state index contributed by atoms with van der Waals surface area (Å²) in [7, 11) is 0. The molecule has 2 aromatic rings. The Labute approximate surface area is 108 Å². The molecule has 0 bridgehead atoms. The summed E-state index contributed by atoms with van der Waals surface area (Å²) in [5.41, 5.74) is 6.53. The molecule has 0 spiro atoms. The predicted molar refractivity (Wildman–Crippen MR) is 71.0 cm³/mol. The summed E-state index contributed by atoms with van der Waals surface area (Å²) >= 11 is 1.56. The molecule has 0 fully saturated rings. The Morgan fingerprint density at radius 1 is 1.50 bits per heavy atom. The van der Waals surface area contributed by atoms with E-state index in [0.29, 0.717) is 12.1 Å². The molecule has 0 radical (unpaired) electrons. The van der Waals surface area contributed by atoms with Crippen LogP contribution in [0.3, 0.4) is 0 Å². The predicted octanol–water partition coefficient (Wildman–Crippen LogP) is 2.71. The van der Waals surface area contributed by atoms with Crippen LogP contribution in [0.2, 0.25) is 0 Å². The number of hydrogen-bond acceptors (Lipinski definition) is 3. The number of nitrogen functional groups attached to an aromatic ring is 1. The number of benzene rings is 1. The van der Waals surface area contributed by atoms with Gasteiger partial charge in [-0.15, -0.1) is 11.3 Å². The number of carbonyl (C=O) groups excluding carboxylic acids is 1. The maximum Gasteiger partial charge on any atom is 0.251 e. The molecule has 1 aromatic carbocycles. The van der Waals surface area contributed by atoms with Crippen molar-refractivity contribution in [2.24, 2.45) is 0 Å². The molecule has 1 heterocycles. The number of carbonyl (C=O) groups is 1. The van der Waals surface area contributed by atoms with Crippen molar-refractivity contribution >= 4 is 22.9 Å². The molecule has 3 N–H and O–H groups in total. The Hall–Kier alpha value is -1.88. The van der Waals surface area contributed by atoms with E-state index in [9.17, 15) is 9.18 Å². The SMILES string of the molecule is Cc1c(N)cc(C(=O)NCc2cccs2)cc1F. The molecular formula is C13H13FN2OS. The fourth-order valence-electron chi connectivity index (χ4n) is 1.51. The number of hydrogen-bond donors (Lipinski definition) is 2. The van der Waals surface area contributed by atoms with Crippen LogP contribution in [-0.2, 0) is 6.54 Å². The maximum atomic E-state index is 13.5. The summed E-state index contributed by atoms with van der Waals surface area (Å²) < 4.78 is 13.5. The summed E-state index contributed by atoms with van der Waals surface area (Å²) in [4.78, 5) is 12.9. The molecule has 5 heteroatoms. The summed E-state index contributed by atoms with van der Waals surface area (Å²) in [5, 5.41) is 4.66. The van der Waals surface area contributed by atoms with Crippen molar-refractivity contribution in [2.45, 2.75) is 13.5 Å². The average Bonchev–Trinajstić information content (AvgIpc) is 2.85. The molecule has 0 saturated carbocycles. The van der Waals surface area contributed by atoms with Crippen LogP contribution in [0.15, 0.2) is 29.6 Å². The molecule has 0 unspecified atom stereocenters. The Morgan fingerprint density at radius 3 is 2.89 bits per heavy atom. The molecule has 3 nitrogen and oxygen atoms in total. The molecule has 0 aliphatic heterocycles. The van der Waals surface area contributed by atoms with E-state index in [1.165, 1.54) is 12.1 Å². The van der Waals surface area contributed by atoms with Crippen LogP contribution in [0.5, 0.6) is 0 Å². The third kappa shape index (κ3) is 2.68. The molecule has 1 aromatic heterocycles. The second-order valence-corrected chi connectivity index (χ2v) is 4.97. The van der Waals surface area contributed by atoms with Crippen LogP contribution >= 0.6 is 11.3 Å². The second kappa shape index (κ2) is 5.18. The van der Waals surface area contributed by atoms with Gasteiger partial charge in [0.15, 0.2) is 0 Å². The van der Waals surface area contributed by atoms with Crippen molar-refractivity contribution in [3.05, 3.63) is 51.5 Å². The lowest BCUT2D eigenvalue weighted by Gasteiger charge is -2.07. The largest absolute Gasteiger partial charge is 0.398 e. The summed E-state index contributed by atoms with van der Waals surface area (Å²) in [6.07, 6.45) is 0. The van der Waals surface area contributed by atoms with E-state index in [1.54, 1.807) is 18.3 Å². The zero-order valence-electron chi connectivity index (χ0n) is 9.87. The van der Waals surface area contributed by atoms with Crippen LogP contribution < -0.4 is 11.1 Å². The van der Waals surface area contributed by atoms with Gasteiger partial charge in [-0.05, 0) is 30.5 Å². The molecule has 0 aliphatic rings. The van der Waals surface area contributed by atoms with E-state index >= 15 is 0 Å². The third-order valence-electron chi connectivity index (χ3n) is 2.65. The Bertz CT molecular complexity index is 543. The standard InChI is InChI=1S/C13H13FN2OS/c1-8-11(14)5-9(6-12(8)15)13(17)16-7-10-3-2-4-18-10/h2-6H,7,15H2,1H3,(H,16,17). The quantitative estimate of drug-likeness (QED) is 0.837. The minimum atomic E-state index is -0.462. The normalized spacial score (nSPS) is 10.3. The Kier molecular flexibility index (Phi) is 3.62. The number of nitrogens with one attached hydrogen (secondary N) is 1. The first-order valence-corrected chi connectivity index (χ1v) is 6.32. The smallest absolute Gasteiger partial charge is 0.251 e. The van der Waals surface area contributed by atoms with Crippen molar-refractivity contribution in [1.82, 2.24) is 5.32 Å². The average molecular weight is 264 g/mol. The summed E-state index contributed by atoms with van der Waals surface area (Å²) in [6, 6.07) is 6.53. The monoisotopic (exact) mass is 264 g/mol. The van der Waals surface area contributed by atoms with E-state index < -0.39 is 5.82 Å². The highest BCUT2D eigenvalue weighted by atomic mass is 32.1. The molecular weight excluding hydrogens is 251 g/mol. The molecule has 0 aliphatic carbocycles. The van der Waals surface area contributed by atoms with Gasteiger partial charge in [-0.25, -0.2) is 4.39 Å². The Balaban J connectivity index is 2.09. The van der Waals surface area contributed by atoms with E-state index in [0.717, 1.165) is 4.88 Å². The second-order valence-electron chi connectivity index (χ2n) is 3.93. The van der Waals surface area contributed by atoms with Crippen molar-refractivity contribution in [3.8, 4) is 0 Å². The van der Waals surface area contributed by atoms with Crippen LogP contribution in [0.1, 0.15) is 20.8 Å². The third-order valence-corrected chi connectivity index (χ3v) is 3.53. The number of thiophene rings is 1. The summed E-state index contributed by atoms with van der Waals surface area (Å²) in [6.45, 7) is 2.02. The molecule has 2 rings (SSSR count). The lowest BCUT2D eigenvalue weighted by atomic mass is 10.1. The van der Waals surface area contributed by atoms with E-state index in [4.69, 9.17) is 5.73 Å². The lowest BCUT2D eigenvalue weighted by molar-refractivity contribution is 0.0951. The van der Waals surface area contributed by atoms with Gasteiger partial charge in [-0.1, -0.05) is 6.07 Å². The lowest BCUT2D eigenvalue weighted by Crippen LogP contribution is -2.22. The minimum Gasteiger partial charge on any atom is -0.398 e. The van der Waals surface area contributed by atoms with Crippen molar-refractivity contribution < 1.29 is 9.18 Å². The van der Waals surface area contributed by atoms with Crippen LogP contribution in [0.4, 0.5) is 10.1 Å². The van der Waals surface area contributed by atoms with Gasteiger partial charge in [0.05, 0.1) is 6.54 Å². The first kappa shape index (κ1) is 12.6. The van der Waals surface area contributed by atoms with Crippen LogP contribution in [0.25, 0.3) is 0 Å². The number of amides is 1. The van der Waals surface area contributed by atoms with E-state index in [1.807, 2.05) is 17.5 Å². The van der Waals surface area contributed by atoms with Gasteiger partial charge >= 0.3 is 0 Å². The van der Waals surface area contributed by atoms with Gasteiger partial charge in [-0.3, -0.25) is 4.79 Å². The fourth-order valence-corrected chi connectivity index (χ4v) is 2.16. The van der Waals surface area contributed by atoms with Gasteiger partial charge in [-0.2, -0.15) is 0 Å². The number of anilines is 1. The Morgan fingerprint density at radius 2 is 2.28 bits per heavy atom. The molecule has 18 heavy (non-hydrogen) atoms. The first-order valence-electron chi connectivity index (χ1n) is 5.44. The molecule has 0 saturated heterocycles. The van der Waals surface area contributed by atoms with E-state index in [2.05, 4.69) is 5.32 Å². The zero-order chi connectivity index (χ0) is 13.1. The van der Waals surface area contributed by atoms with Crippen molar-refractivity contribution in [1.29, 1.82) is 0 Å². The van der Waals surface area contributed by atoms with Crippen molar-refractivity contribution in [2.75, 3.05) is 5.73 Å². The van der Waals surface area contributed by atoms with Gasteiger partial charge in [0.2, 0.25) is 0 Å². The first-order chi connectivity index (χ1) is 8.58. The van der Waals surface area contributed by atoms with Crippen LogP contribution in [0, 0.1) is 12.7 Å². The number of rotatable bonds is 3. The molecule has 0 atom stereocenters. The number of halogens is 1. The highest BCUT2D eigenvalue weighted by molar-refractivity contribution is 7.09. The van der Waals surface area contributed by atoms with Gasteiger partial charge in [0.25, 0.3) is 5.91 Å². The van der Waals surface area contributed by atoms with Gasteiger partial charge in [0, 0.05) is 21.7 Å². The highest BCUT2D eigenvalue weighted by Gasteiger charge is 2.10. The molecule has 1 amide bonds. The van der Waals surface area contributed by atoms with Crippen molar-refractivity contribution in [3.63, 3.8) is 0 Å². The number of nitrogens with two attached hydrogens (primary N) is 1. The minimum absolute atomic E-state index is 0.243. The molecule has 94 valence electrons. The van der Waals surface area contributed by atoms with Gasteiger partial charge in [0.1, 0.15) is 5.82 Å². The van der Waals surface area contributed by atoms with E-state index in [-0.39, 0.29) is 17.2 Å². The highest BCUT2D eigenvalue weighted by Crippen LogP contribution is 2.17. The fraction of sp³-hybridized carbons (Fsp3) is 0.154. The topological polar surface area (TPSA) is 55.1 Å². The summed E-state index contributed by atoms with van der Waals surface area (Å²) in [5.74, 6) is -0.787.